The van der Waals surface area contributed by atoms with Gasteiger partial charge in [-0.05, 0) is 24.3 Å². The van der Waals surface area contributed by atoms with Crippen molar-refractivity contribution in [3.8, 4) is 0 Å². The molecule has 1 saturated heterocycles. The number of ether oxygens (including phenoxy) is 1. The van der Waals surface area contributed by atoms with E-state index in [4.69, 9.17) is 4.74 Å². The Bertz CT molecular complexity index is 1140. The first-order valence-corrected chi connectivity index (χ1v) is 10.2. The number of benzene rings is 2. The van der Waals surface area contributed by atoms with Crippen molar-refractivity contribution < 1.29 is 22.9 Å². The van der Waals surface area contributed by atoms with Crippen molar-refractivity contribution in [2.75, 3.05) is 31.6 Å². The number of non-ortho nitro benzene ring substituents is 1. The van der Waals surface area contributed by atoms with Crippen molar-refractivity contribution in [1.29, 1.82) is 0 Å². The van der Waals surface area contributed by atoms with Gasteiger partial charge in [0.1, 0.15) is 5.71 Å². The van der Waals surface area contributed by atoms with Gasteiger partial charge in [-0.25, -0.2) is 13.4 Å². The summed E-state index contributed by atoms with van der Waals surface area (Å²) in [5.74, 6) is -0.512. The SMILES string of the molecule is O=C1Nc2ccc([N+](=O)[O-])cc2C1=Nc1cccc(S(=O)(=O)N2CCOCC2)c1. The van der Waals surface area contributed by atoms with Crippen LogP contribution in [0.2, 0.25) is 0 Å². The minimum atomic E-state index is -3.72. The molecule has 2 aromatic rings. The number of carbonyl (C=O) groups excluding carboxylic acids is 1. The molecule has 2 aliphatic heterocycles. The van der Waals surface area contributed by atoms with Gasteiger partial charge in [-0.2, -0.15) is 4.31 Å². The van der Waals surface area contributed by atoms with Crippen LogP contribution in [0.3, 0.4) is 0 Å². The normalized spacial score (nSPS) is 18.5. The summed E-state index contributed by atoms with van der Waals surface area (Å²) in [6, 6.07) is 9.93. The highest BCUT2D eigenvalue weighted by Crippen LogP contribution is 2.30. The molecule has 0 aromatic heterocycles. The zero-order valence-corrected chi connectivity index (χ0v) is 15.9. The van der Waals surface area contributed by atoms with E-state index < -0.39 is 20.9 Å². The molecule has 0 unspecified atom stereocenters. The fourth-order valence-electron chi connectivity index (χ4n) is 3.14. The van der Waals surface area contributed by atoms with Crippen LogP contribution >= 0.6 is 0 Å². The molecule has 0 aliphatic carbocycles. The van der Waals surface area contributed by atoms with Crippen molar-refractivity contribution >= 4 is 38.7 Å². The lowest BCUT2D eigenvalue weighted by atomic mass is 10.1. The molecule has 11 heteroatoms. The Morgan fingerprint density at radius 1 is 1.14 bits per heavy atom. The maximum atomic E-state index is 12.8. The lowest BCUT2D eigenvalue weighted by molar-refractivity contribution is -0.384. The second kappa shape index (κ2) is 7.35. The van der Waals surface area contributed by atoms with E-state index in [-0.39, 0.29) is 35.1 Å². The number of sulfonamides is 1. The Kier molecular flexibility index (Phi) is 4.86. The average molecular weight is 416 g/mol. The van der Waals surface area contributed by atoms with Crippen LogP contribution in [0.25, 0.3) is 0 Å². The maximum absolute atomic E-state index is 12.8. The molecule has 0 spiro atoms. The molecule has 4 rings (SSSR count). The number of morpholine rings is 1. The number of anilines is 1. The van der Waals surface area contributed by atoms with E-state index in [1.54, 1.807) is 6.07 Å². The lowest BCUT2D eigenvalue weighted by Crippen LogP contribution is -2.40. The number of fused-ring (bicyclic) bond motifs is 1. The Hall–Kier alpha value is -3.15. The van der Waals surface area contributed by atoms with Gasteiger partial charge >= 0.3 is 0 Å². The van der Waals surface area contributed by atoms with Crippen LogP contribution < -0.4 is 5.32 Å². The molecule has 10 nitrogen and oxygen atoms in total. The van der Waals surface area contributed by atoms with Crippen molar-refractivity contribution in [2.24, 2.45) is 4.99 Å². The molecule has 0 saturated carbocycles. The number of hydrogen-bond acceptors (Lipinski definition) is 7. The van der Waals surface area contributed by atoms with Crippen LogP contribution in [-0.4, -0.2) is 55.6 Å². The molecule has 150 valence electrons. The molecule has 1 N–H and O–H groups in total. The summed E-state index contributed by atoms with van der Waals surface area (Å²) < 4.78 is 32.2. The van der Waals surface area contributed by atoms with Crippen LogP contribution in [-0.2, 0) is 19.6 Å². The number of nitrogens with one attached hydrogen (secondary N) is 1. The smallest absolute Gasteiger partial charge is 0.275 e. The Balaban J connectivity index is 1.71. The fourth-order valence-corrected chi connectivity index (χ4v) is 4.59. The van der Waals surface area contributed by atoms with Crippen LogP contribution in [0.4, 0.5) is 17.1 Å². The minimum absolute atomic E-state index is 0.00961. The summed E-state index contributed by atoms with van der Waals surface area (Å²) in [5.41, 5.74) is 0.784. The Labute approximate surface area is 166 Å². The zero-order chi connectivity index (χ0) is 20.6. The third-order valence-corrected chi connectivity index (χ3v) is 6.49. The summed E-state index contributed by atoms with van der Waals surface area (Å²) in [5, 5.41) is 13.6. The van der Waals surface area contributed by atoms with Gasteiger partial charge in [-0.1, -0.05) is 6.07 Å². The average Bonchev–Trinajstić information content (AvgIpc) is 3.03. The summed E-state index contributed by atoms with van der Waals surface area (Å²) in [6.07, 6.45) is 0. The van der Waals surface area contributed by atoms with Crippen LogP contribution in [0.5, 0.6) is 0 Å². The highest BCUT2D eigenvalue weighted by atomic mass is 32.2. The molecule has 1 amide bonds. The standard InChI is InChI=1S/C18H16N4O6S/c23-18-17(15-11-13(22(24)25)4-5-16(15)20-18)19-12-2-1-3-14(10-12)29(26,27)21-6-8-28-9-7-21/h1-5,10-11H,6-9H2,(H,19,20,23). The van der Waals surface area contributed by atoms with Crippen LogP contribution in [0.1, 0.15) is 5.56 Å². The summed E-state index contributed by atoms with van der Waals surface area (Å²) >= 11 is 0. The number of carbonyl (C=O) groups is 1. The predicted octanol–water partition coefficient (Wildman–Crippen LogP) is 1.69. The zero-order valence-electron chi connectivity index (χ0n) is 15.1. The minimum Gasteiger partial charge on any atom is -0.379 e. The second-order valence-corrected chi connectivity index (χ2v) is 8.35. The molecule has 0 bridgehead atoms. The summed E-state index contributed by atoms with van der Waals surface area (Å²) in [6.45, 7) is 1.19. The largest absolute Gasteiger partial charge is 0.379 e. The van der Waals surface area contributed by atoms with Crippen molar-refractivity contribution in [1.82, 2.24) is 4.31 Å². The van der Waals surface area contributed by atoms with Gasteiger partial charge < -0.3 is 10.1 Å². The first-order valence-electron chi connectivity index (χ1n) is 8.73. The van der Waals surface area contributed by atoms with Gasteiger partial charge in [0.05, 0.1) is 34.4 Å². The summed E-state index contributed by atoms with van der Waals surface area (Å²) in [7, 11) is -3.72. The van der Waals surface area contributed by atoms with Gasteiger partial charge in [-0.15, -0.1) is 0 Å². The molecule has 0 radical (unpaired) electrons. The van der Waals surface area contributed by atoms with Gasteiger partial charge in [-0.3, -0.25) is 14.9 Å². The van der Waals surface area contributed by atoms with E-state index in [2.05, 4.69) is 10.3 Å². The van der Waals surface area contributed by atoms with E-state index in [9.17, 15) is 23.3 Å². The first-order chi connectivity index (χ1) is 13.9. The number of nitro groups is 1. The van der Waals surface area contributed by atoms with E-state index >= 15 is 0 Å². The molecular formula is C18H16N4O6S. The van der Waals surface area contributed by atoms with Crippen molar-refractivity contribution in [3.63, 3.8) is 0 Å². The fraction of sp³-hybridized carbons (Fsp3) is 0.222. The number of hydrogen-bond donors (Lipinski definition) is 1. The number of nitrogens with zero attached hydrogens (tertiary/aromatic N) is 3. The molecule has 29 heavy (non-hydrogen) atoms. The van der Waals surface area contributed by atoms with Crippen LogP contribution in [0.15, 0.2) is 52.4 Å². The summed E-state index contributed by atoms with van der Waals surface area (Å²) in [4.78, 5) is 27.1. The molecule has 2 aliphatic rings. The molecular weight excluding hydrogens is 400 g/mol. The monoisotopic (exact) mass is 416 g/mol. The highest BCUT2D eigenvalue weighted by Gasteiger charge is 2.29. The molecule has 2 heterocycles. The molecule has 0 atom stereocenters. The quantitative estimate of drug-likeness (QED) is 0.596. The van der Waals surface area contributed by atoms with Gasteiger partial charge in [0.2, 0.25) is 10.0 Å². The van der Waals surface area contributed by atoms with E-state index in [1.165, 1.54) is 40.7 Å². The van der Waals surface area contributed by atoms with Crippen molar-refractivity contribution in [2.45, 2.75) is 4.90 Å². The lowest BCUT2D eigenvalue weighted by Gasteiger charge is -2.26. The van der Waals surface area contributed by atoms with E-state index in [0.29, 0.717) is 24.5 Å². The number of rotatable bonds is 4. The van der Waals surface area contributed by atoms with Crippen LogP contribution in [0, 0.1) is 10.1 Å². The molecule has 2 aromatic carbocycles. The van der Waals surface area contributed by atoms with Gasteiger partial charge in [0, 0.05) is 30.8 Å². The molecule has 1 fully saturated rings. The Morgan fingerprint density at radius 3 is 2.62 bits per heavy atom. The third kappa shape index (κ3) is 3.62. The van der Waals surface area contributed by atoms with Gasteiger partial charge in [0.15, 0.2) is 0 Å². The highest BCUT2D eigenvalue weighted by molar-refractivity contribution is 7.89. The van der Waals surface area contributed by atoms with Crippen molar-refractivity contribution in [3.05, 3.63) is 58.1 Å². The number of nitro benzene ring substituents is 1. The van der Waals surface area contributed by atoms with Gasteiger partial charge in [0.25, 0.3) is 11.6 Å². The van der Waals surface area contributed by atoms with E-state index in [1.807, 2.05) is 0 Å². The second-order valence-electron chi connectivity index (χ2n) is 6.42. The predicted molar refractivity (Wildman–Crippen MR) is 104 cm³/mol. The Morgan fingerprint density at radius 2 is 1.90 bits per heavy atom. The first kappa shape index (κ1) is 19.2. The third-order valence-electron chi connectivity index (χ3n) is 4.60. The number of aliphatic imine (C=N–C) groups is 1. The van der Waals surface area contributed by atoms with E-state index in [0.717, 1.165) is 0 Å². The topological polar surface area (TPSA) is 131 Å². The number of amides is 1. The maximum Gasteiger partial charge on any atom is 0.275 e.